The molecule has 4 aromatic rings. The number of carboxylic acids is 1. The summed E-state index contributed by atoms with van der Waals surface area (Å²) in [7, 11) is 1.56. The van der Waals surface area contributed by atoms with Crippen LogP contribution in [0.3, 0.4) is 0 Å². The van der Waals surface area contributed by atoms with Crippen molar-refractivity contribution in [2.45, 2.75) is 51.7 Å². The molecule has 0 unspecified atom stereocenters. The topological polar surface area (TPSA) is 117 Å². The number of fused-ring (bicyclic) bond motifs is 1. The van der Waals surface area contributed by atoms with E-state index in [1.54, 1.807) is 37.4 Å². The Balaban J connectivity index is 1.72. The average Bonchev–Trinajstić information content (AvgIpc) is 3.29. The van der Waals surface area contributed by atoms with E-state index in [0.29, 0.717) is 28.2 Å². The normalized spacial score (nSPS) is 12.6. The van der Waals surface area contributed by atoms with Gasteiger partial charge in [-0.3, -0.25) is 9.78 Å². The monoisotopic (exact) mass is 632 g/mol. The van der Waals surface area contributed by atoms with Crippen molar-refractivity contribution in [1.82, 2.24) is 9.71 Å². The van der Waals surface area contributed by atoms with Crippen molar-refractivity contribution in [2.75, 3.05) is 7.11 Å². The number of methoxy groups -OCH3 is 1. The summed E-state index contributed by atoms with van der Waals surface area (Å²) in [5.41, 5.74) is 2.63. The van der Waals surface area contributed by atoms with E-state index in [9.17, 15) is 14.5 Å². The van der Waals surface area contributed by atoms with Crippen molar-refractivity contribution in [1.29, 1.82) is 0 Å². The molecule has 0 aliphatic carbocycles. The van der Waals surface area contributed by atoms with Crippen LogP contribution in [0, 0.1) is 5.82 Å². The second-order valence-corrected chi connectivity index (χ2v) is 13.1. The zero-order chi connectivity index (χ0) is 29.0. The molecule has 8 nitrogen and oxygen atoms in total. The highest BCUT2D eigenvalue weighted by molar-refractivity contribution is 9.10. The SMILES string of the molecule is COCc1cc2cc(COc3cc(Br)ccc3CC(=O)O)cc(-c3ccnc(CN[S@@+]([O-])C(C)(C)C)c3F)c2o1. The van der Waals surface area contributed by atoms with Crippen molar-refractivity contribution in [3.63, 3.8) is 0 Å². The molecule has 2 N–H and O–H groups in total. The lowest BCUT2D eigenvalue weighted by molar-refractivity contribution is -0.136. The number of benzene rings is 2. The molecule has 0 radical (unpaired) electrons. The summed E-state index contributed by atoms with van der Waals surface area (Å²) >= 11 is 2.01. The predicted molar refractivity (Wildman–Crippen MR) is 155 cm³/mol. The molecule has 40 heavy (non-hydrogen) atoms. The summed E-state index contributed by atoms with van der Waals surface area (Å²) in [5.74, 6) is -0.518. The molecule has 2 heterocycles. The summed E-state index contributed by atoms with van der Waals surface area (Å²) in [6.45, 7) is 5.80. The van der Waals surface area contributed by atoms with Gasteiger partial charge in [0, 0.05) is 51.2 Å². The van der Waals surface area contributed by atoms with Gasteiger partial charge in [0.05, 0.1) is 18.7 Å². The Kier molecular flexibility index (Phi) is 9.52. The lowest BCUT2D eigenvalue weighted by atomic mass is 10.00. The van der Waals surface area contributed by atoms with E-state index < -0.39 is 27.9 Å². The van der Waals surface area contributed by atoms with Crippen LogP contribution in [0.1, 0.15) is 43.4 Å². The molecule has 0 aliphatic rings. The molecule has 0 saturated carbocycles. The van der Waals surface area contributed by atoms with Gasteiger partial charge in [-0.25, -0.2) is 4.39 Å². The fourth-order valence-corrected chi connectivity index (χ4v) is 5.11. The van der Waals surface area contributed by atoms with Crippen LogP contribution in [-0.4, -0.2) is 32.5 Å². The number of carbonyl (C=O) groups is 1. The second-order valence-electron chi connectivity index (χ2n) is 10.1. The lowest BCUT2D eigenvalue weighted by Gasteiger charge is -2.23. The molecule has 0 saturated heterocycles. The van der Waals surface area contributed by atoms with Crippen molar-refractivity contribution in [3.8, 4) is 16.9 Å². The number of aromatic nitrogens is 1. The van der Waals surface area contributed by atoms with Gasteiger partial charge in [-0.15, -0.1) is 4.72 Å². The van der Waals surface area contributed by atoms with E-state index in [2.05, 4.69) is 25.6 Å². The van der Waals surface area contributed by atoms with Gasteiger partial charge in [0.15, 0.2) is 5.82 Å². The summed E-state index contributed by atoms with van der Waals surface area (Å²) < 4.78 is 48.7. The van der Waals surface area contributed by atoms with Crippen LogP contribution in [-0.2, 0) is 47.1 Å². The molecular weight excluding hydrogens is 603 g/mol. The maximum Gasteiger partial charge on any atom is 0.307 e. The van der Waals surface area contributed by atoms with Gasteiger partial charge in [-0.05, 0) is 62.7 Å². The molecule has 0 spiro atoms. The van der Waals surface area contributed by atoms with Gasteiger partial charge in [0.1, 0.15) is 35.1 Å². The Morgan fingerprint density at radius 2 is 1.95 bits per heavy atom. The highest BCUT2D eigenvalue weighted by Gasteiger charge is 2.27. The summed E-state index contributed by atoms with van der Waals surface area (Å²) in [4.78, 5) is 15.5. The fraction of sp³-hybridized carbons (Fsp3) is 0.310. The largest absolute Gasteiger partial charge is 0.598 e. The van der Waals surface area contributed by atoms with E-state index in [-0.39, 0.29) is 37.4 Å². The van der Waals surface area contributed by atoms with Crippen LogP contribution in [0.5, 0.6) is 5.75 Å². The third-order valence-electron chi connectivity index (χ3n) is 5.96. The number of carboxylic acid groups (broad SMARTS) is 1. The van der Waals surface area contributed by atoms with Gasteiger partial charge in [0.2, 0.25) is 0 Å². The number of nitrogens with zero attached hydrogens (tertiary/aromatic N) is 1. The first-order chi connectivity index (χ1) is 19.0. The smallest absolute Gasteiger partial charge is 0.307 e. The summed E-state index contributed by atoms with van der Waals surface area (Å²) in [6.07, 6.45) is 1.32. The number of ether oxygens (including phenoxy) is 2. The Labute approximate surface area is 243 Å². The van der Waals surface area contributed by atoms with Crippen LogP contribution < -0.4 is 9.46 Å². The minimum absolute atomic E-state index is 0.0161. The molecule has 2 aromatic heterocycles. The number of pyridine rings is 1. The van der Waals surface area contributed by atoms with E-state index in [0.717, 1.165) is 15.4 Å². The van der Waals surface area contributed by atoms with Crippen LogP contribution >= 0.6 is 15.9 Å². The number of hydrogen-bond donors (Lipinski definition) is 2. The minimum atomic E-state index is -1.40. The van der Waals surface area contributed by atoms with Crippen molar-refractivity contribution >= 4 is 44.2 Å². The number of hydrogen-bond acceptors (Lipinski definition) is 7. The first-order valence-corrected chi connectivity index (χ1v) is 14.4. The van der Waals surface area contributed by atoms with E-state index >= 15 is 4.39 Å². The van der Waals surface area contributed by atoms with Gasteiger partial charge in [0.25, 0.3) is 0 Å². The van der Waals surface area contributed by atoms with Gasteiger partial charge < -0.3 is 23.6 Å². The quantitative estimate of drug-likeness (QED) is 0.185. The van der Waals surface area contributed by atoms with Gasteiger partial charge >= 0.3 is 5.97 Å². The van der Waals surface area contributed by atoms with Crippen LogP contribution in [0.4, 0.5) is 4.39 Å². The Bertz CT molecular complexity index is 1520. The second kappa shape index (κ2) is 12.7. The number of aliphatic carboxylic acids is 1. The van der Waals surface area contributed by atoms with E-state index in [1.165, 1.54) is 6.20 Å². The van der Waals surface area contributed by atoms with E-state index in [1.807, 2.05) is 32.9 Å². The summed E-state index contributed by atoms with van der Waals surface area (Å²) in [6, 6.07) is 12.2. The minimum Gasteiger partial charge on any atom is -0.598 e. The third kappa shape index (κ3) is 7.21. The maximum absolute atomic E-state index is 15.8. The van der Waals surface area contributed by atoms with E-state index in [4.69, 9.17) is 13.9 Å². The molecule has 11 heteroatoms. The highest BCUT2D eigenvalue weighted by atomic mass is 79.9. The van der Waals surface area contributed by atoms with Crippen LogP contribution in [0.2, 0.25) is 0 Å². The molecule has 1 atom stereocenters. The standard InChI is InChI=1S/C29H30BrFN2O6S/c1-29(2,3)40(36)33-14-24-27(31)22(7-8-32-24)23-10-17(9-19-11-21(16-37-4)39-28(19)23)15-38-25-13-20(30)6-5-18(25)12-26(34)35/h5-11,13,33H,12,14-16H2,1-4H3,(H,34,35)/t40-/m0/s1. The molecule has 4 rings (SSSR count). The number of nitrogens with one attached hydrogen (secondary N) is 1. The number of furan rings is 1. The van der Waals surface area contributed by atoms with Gasteiger partial charge in [-0.2, -0.15) is 0 Å². The molecule has 0 aliphatic heterocycles. The number of halogens is 2. The Morgan fingerprint density at radius 1 is 1.18 bits per heavy atom. The molecule has 0 bridgehead atoms. The molecule has 0 amide bonds. The summed E-state index contributed by atoms with van der Waals surface area (Å²) in [5, 5.41) is 10.0. The number of rotatable bonds is 11. The first-order valence-electron chi connectivity index (χ1n) is 12.4. The third-order valence-corrected chi connectivity index (χ3v) is 7.97. The van der Waals surface area contributed by atoms with Crippen molar-refractivity contribution in [2.24, 2.45) is 0 Å². The molecule has 2 aromatic carbocycles. The van der Waals surface area contributed by atoms with Crippen LogP contribution in [0.25, 0.3) is 22.1 Å². The van der Waals surface area contributed by atoms with Crippen molar-refractivity contribution in [3.05, 3.63) is 81.5 Å². The molecular formula is C29H30BrFN2O6S. The zero-order valence-electron chi connectivity index (χ0n) is 22.5. The van der Waals surface area contributed by atoms with Crippen LogP contribution in [0.15, 0.2) is 57.6 Å². The zero-order valence-corrected chi connectivity index (χ0v) is 24.9. The Morgan fingerprint density at radius 3 is 2.65 bits per heavy atom. The van der Waals surface area contributed by atoms with Gasteiger partial charge in [-0.1, -0.05) is 22.0 Å². The fourth-order valence-electron chi connectivity index (χ4n) is 4.07. The predicted octanol–water partition coefficient (Wildman–Crippen LogP) is 6.30. The molecule has 212 valence electrons. The first kappa shape index (κ1) is 30.0. The highest BCUT2D eigenvalue weighted by Crippen LogP contribution is 2.35. The maximum atomic E-state index is 15.8. The average molecular weight is 634 g/mol. The molecule has 0 fully saturated rings. The lowest BCUT2D eigenvalue weighted by Crippen LogP contribution is -2.39. The van der Waals surface area contributed by atoms with Crippen molar-refractivity contribution < 1.29 is 32.7 Å². The Hall–Kier alpha value is -2.96.